The van der Waals surface area contributed by atoms with E-state index in [4.69, 9.17) is 0 Å². The highest BCUT2D eigenvalue weighted by atomic mass is 32.2. The fourth-order valence-corrected chi connectivity index (χ4v) is 5.55. The molecule has 0 aromatic heterocycles. The molecule has 2 fully saturated rings. The molecule has 0 bridgehead atoms. The van der Waals surface area contributed by atoms with E-state index in [1.54, 1.807) is 7.05 Å². The van der Waals surface area contributed by atoms with E-state index >= 15 is 0 Å². The Morgan fingerprint density at radius 1 is 1.21 bits per heavy atom. The predicted molar refractivity (Wildman–Crippen MR) is 115 cm³/mol. The second kappa shape index (κ2) is 8.82. The molecule has 1 unspecified atom stereocenters. The highest BCUT2D eigenvalue weighted by molar-refractivity contribution is 7.92. The summed E-state index contributed by atoms with van der Waals surface area (Å²) >= 11 is 0. The van der Waals surface area contributed by atoms with Crippen LogP contribution in [0.2, 0.25) is 0 Å². The molecule has 0 saturated carbocycles. The maximum absolute atomic E-state index is 12.3. The van der Waals surface area contributed by atoms with Crippen molar-refractivity contribution in [2.45, 2.75) is 50.4 Å². The zero-order chi connectivity index (χ0) is 20.2. The van der Waals surface area contributed by atoms with Gasteiger partial charge in [-0.1, -0.05) is 36.8 Å². The summed E-state index contributed by atoms with van der Waals surface area (Å²) in [5, 5.41) is 3.53. The molecular formula is C21H34N4O2S. The van der Waals surface area contributed by atoms with E-state index in [1.165, 1.54) is 24.8 Å². The largest absolute Gasteiger partial charge is 0.355 e. The molecule has 1 aromatic rings. The zero-order valence-corrected chi connectivity index (χ0v) is 18.2. The first-order chi connectivity index (χ1) is 13.3. The first kappa shape index (κ1) is 21.1. The van der Waals surface area contributed by atoms with Gasteiger partial charge in [-0.2, -0.15) is 0 Å². The number of likely N-dealkylation sites (tertiary alicyclic amines) is 1. The van der Waals surface area contributed by atoms with Crippen LogP contribution in [-0.4, -0.2) is 73.9 Å². The molecule has 156 valence electrons. The van der Waals surface area contributed by atoms with Crippen molar-refractivity contribution in [3.05, 3.63) is 35.9 Å². The number of aliphatic imine (C=N–C) groups is 1. The molecule has 1 N–H and O–H groups in total. The van der Waals surface area contributed by atoms with Crippen molar-refractivity contribution < 1.29 is 8.42 Å². The Kier molecular flexibility index (Phi) is 6.65. The smallest absolute Gasteiger partial charge is 0.193 e. The minimum atomic E-state index is -3.05. The minimum absolute atomic E-state index is 0.185. The number of piperidine rings is 1. The van der Waals surface area contributed by atoms with Gasteiger partial charge < -0.3 is 10.2 Å². The van der Waals surface area contributed by atoms with Gasteiger partial charge >= 0.3 is 0 Å². The Balaban J connectivity index is 1.60. The van der Waals surface area contributed by atoms with Gasteiger partial charge in [0.25, 0.3) is 0 Å². The van der Waals surface area contributed by atoms with Crippen molar-refractivity contribution in [1.82, 2.24) is 15.1 Å². The van der Waals surface area contributed by atoms with Crippen molar-refractivity contribution in [3.63, 3.8) is 0 Å². The van der Waals surface area contributed by atoms with Crippen molar-refractivity contribution in [1.29, 1.82) is 0 Å². The Morgan fingerprint density at radius 3 is 2.64 bits per heavy atom. The number of hydrogen-bond acceptors (Lipinski definition) is 4. The number of rotatable bonds is 4. The van der Waals surface area contributed by atoms with Gasteiger partial charge in [0.05, 0.1) is 10.5 Å². The first-order valence-electron chi connectivity index (χ1n) is 10.3. The Morgan fingerprint density at radius 2 is 1.96 bits per heavy atom. The SMILES string of the molecule is CN=C(NCC1CCCCN1Cc1ccccc1)N1CCS(=O)(=O)C(C)(C)C1. The van der Waals surface area contributed by atoms with Crippen LogP contribution in [0.4, 0.5) is 0 Å². The lowest BCUT2D eigenvalue weighted by molar-refractivity contribution is 0.140. The normalized spacial score (nSPS) is 25.5. The van der Waals surface area contributed by atoms with Gasteiger partial charge in [0.1, 0.15) is 0 Å². The fraction of sp³-hybridized carbons (Fsp3) is 0.667. The van der Waals surface area contributed by atoms with E-state index in [-0.39, 0.29) is 5.75 Å². The van der Waals surface area contributed by atoms with E-state index < -0.39 is 14.6 Å². The monoisotopic (exact) mass is 406 g/mol. The van der Waals surface area contributed by atoms with Crippen LogP contribution in [0.1, 0.15) is 38.7 Å². The van der Waals surface area contributed by atoms with Gasteiger partial charge in [-0.25, -0.2) is 8.42 Å². The zero-order valence-electron chi connectivity index (χ0n) is 17.4. The van der Waals surface area contributed by atoms with Gasteiger partial charge in [0.15, 0.2) is 15.8 Å². The summed E-state index contributed by atoms with van der Waals surface area (Å²) in [6.07, 6.45) is 3.68. The number of nitrogens with one attached hydrogen (secondary N) is 1. The lowest BCUT2D eigenvalue weighted by atomic mass is 10.0. The minimum Gasteiger partial charge on any atom is -0.355 e. The Bertz CT molecular complexity index is 777. The molecule has 3 rings (SSSR count). The highest BCUT2D eigenvalue weighted by Crippen LogP contribution is 2.24. The van der Waals surface area contributed by atoms with Crippen LogP contribution in [0.3, 0.4) is 0 Å². The molecule has 2 aliphatic heterocycles. The third-order valence-corrected chi connectivity index (χ3v) is 8.56. The van der Waals surface area contributed by atoms with Gasteiger partial charge in [-0.05, 0) is 38.8 Å². The number of hydrogen-bond donors (Lipinski definition) is 1. The summed E-state index contributed by atoms with van der Waals surface area (Å²) in [6.45, 7) is 7.53. The molecule has 1 atom stereocenters. The molecule has 6 nitrogen and oxygen atoms in total. The summed E-state index contributed by atoms with van der Waals surface area (Å²) in [5.41, 5.74) is 1.35. The van der Waals surface area contributed by atoms with Crippen LogP contribution < -0.4 is 5.32 Å². The fourth-order valence-electron chi connectivity index (χ4n) is 4.18. The first-order valence-corrected chi connectivity index (χ1v) is 11.9. The highest BCUT2D eigenvalue weighted by Gasteiger charge is 2.41. The average Bonchev–Trinajstić information content (AvgIpc) is 2.67. The van der Waals surface area contributed by atoms with Gasteiger partial charge in [-0.3, -0.25) is 9.89 Å². The van der Waals surface area contributed by atoms with E-state index in [1.807, 2.05) is 13.8 Å². The molecule has 0 radical (unpaired) electrons. The van der Waals surface area contributed by atoms with Crippen LogP contribution in [0.5, 0.6) is 0 Å². The quantitative estimate of drug-likeness (QED) is 0.613. The van der Waals surface area contributed by atoms with E-state index in [2.05, 4.69) is 50.4 Å². The molecule has 2 saturated heterocycles. The summed E-state index contributed by atoms with van der Waals surface area (Å²) in [6, 6.07) is 11.1. The summed E-state index contributed by atoms with van der Waals surface area (Å²) in [4.78, 5) is 9.08. The van der Waals surface area contributed by atoms with Crippen molar-refractivity contribution >= 4 is 15.8 Å². The van der Waals surface area contributed by atoms with Crippen LogP contribution in [-0.2, 0) is 16.4 Å². The van der Waals surface area contributed by atoms with E-state index in [9.17, 15) is 8.42 Å². The Labute approximate surface area is 169 Å². The molecule has 0 spiro atoms. The lowest BCUT2D eigenvalue weighted by Gasteiger charge is -2.40. The summed E-state index contributed by atoms with van der Waals surface area (Å²) in [5.74, 6) is 0.998. The average molecular weight is 407 g/mol. The number of nitrogens with zero attached hydrogens (tertiary/aromatic N) is 3. The number of sulfone groups is 1. The molecular weight excluding hydrogens is 372 g/mol. The third kappa shape index (κ3) is 4.87. The van der Waals surface area contributed by atoms with Crippen LogP contribution in [0.15, 0.2) is 35.3 Å². The van der Waals surface area contributed by atoms with Crippen molar-refractivity contribution in [2.24, 2.45) is 4.99 Å². The maximum atomic E-state index is 12.3. The predicted octanol–water partition coefficient (Wildman–Crippen LogP) is 2.13. The maximum Gasteiger partial charge on any atom is 0.193 e. The summed E-state index contributed by atoms with van der Waals surface area (Å²) < 4.78 is 23.8. The van der Waals surface area contributed by atoms with Gasteiger partial charge in [-0.15, -0.1) is 0 Å². The van der Waals surface area contributed by atoms with Crippen LogP contribution >= 0.6 is 0 Å². The van der Waals surface area contributed by atoms with E-state index in [0.29, 0.717) is 19.1 Å². The van der Waals surface area contributed by atoms with Gasteiger partial charge in [0, 0.05) is 39.3 Å². The molecule has 2 heterocycles. The van der Waals surface area contributed by atoms with Gasteiger partial charge in [0.2, 0.25) is 0 Å². The van der Waals surface area contributed by atoms with Crippen molar-refractivity contribution in [2.75, 3.05) is 39.0 Å². The third-order valence-electron chi connectivity index (χ3n) is 6.03. The van der Waals surface area contributed by atoms with E-state index in [0.717, 1.165) is 25.6 Å². The summed E-state index contributed by atoms with van der Waals surface area (Å²) in [7, 11) is -1.27. The molecule has 1 aromatic carbocycles. The molecule has 0 amide bonds. The molecule has 28 heavy (non-hydrogen) atoms. The second-order valence-electron chi connectivity index (χ2n) is 8.53. The molecule has 2 aliphatic rings. The second-order valence-corrected chi connectivity index (χ2v) is 11.3. The topological polar surface area (TPSA) is 65.0 Å². The number of benzene rings is 1. The number of guanidine groups is 1. The molecule has 0 aliphatic carbocycles. The van der Waals surface area contributed by atoms with Crippen molar-refractivity contribution in [3.8, 4) is 0 Å². The van der Waals surface area contributed by atoms with Crippen LogP contribution in [0, 0.1) is 0 Å². The lowest BCUT2D eigenvalue weighted by Crippen LogP contribution is -2.58. The standard InChI is InChI=1S/C21H34N4O2S/c1-21(2)17-25(13-14-28(21,26)27)20(22-3)23-15-19-11-7-8-12-24(19)16-18-9-5-4-6-10-18/h4-6,9-10,19H,7-8,11-17H2,1-3H3,(H,22,23). The Hall–Kier alpha value is -1.60. The molecule has 7 heteroatoms. The van der Waals surface area contributed by atoms with Crippen LogP contribution in [0.25, 0.3) is 0 Å².